The molecule has 1 N–H and O–H groups in total. The summed E-state index contributed by atoms with van der Waals surface area (Å²) < 4.78 is 40.0. The van der Waals surface area contributed by atoms with Gasteiger partial charge < -0.3 is 43.0 Å². The summed E-state index contributed by atoms with van der Waals surface area (Å²) in [6.07, 6.45) is 3.14. The highest BCUT2D eigenvalue weighted by Crippen LogP contribution is 2.31. The van der Waals surface area contributed by atoms with E-state index in [1.807, 2.05) is 12.1 Å². The van der Waals surface area contributed by atoms with Crippen LogP contribution in [0.2, 0.25) is 0 Å². The second-order valence-corrected chi connectivity index (χ2v) is 15.9. The largest absolute Gasteiger partial charge is 0.489 e. The van der Waals surface area contributed by atoms with Gasteiger partial charge in [-0.3, -0.25) is 34.3 Å². The van der Waals surface area contributed by atoms with E-state index in [-0.39, 0.29) is 24.5 Å². The lowest BCUT2D eigenvalue weighted by atomic mass is 10.0. The zero-order chi connectivity index (χ0) is 44.8. The number of imide groups is 2. The van der Waals surface area contributed by atoms with Crippen molar-refractivity contribution in [3.05, 3.63) is 71.9 Å². The third-order valence-corrected chi connectivity index (χ3v) is 11.5. The number of carbonyl (C=O) groups is 5. The maximum Gasteiger partial charge on any atom is 0.347 e. The molecule has 18 heteroatoms. The molecule has 0 aliphatic carbocycles. The van der Waals surface area contributed by atoms with Crippen LogP contribution in [0.25, 0.3) is 0 Å². The molecule has 4 aliphatic rings. The molecule has 0 spiro atoms. The molecule has 7 rings (SSSR count). The second-order valence-electron chi connectivity index (χ2n) is 15.9. The smallest absolute Gasteiger partial charge is 0.347 e. The van der Waals surface area contributed by atoms with E-state index < -0.39 is 41.7 Å². The van der Waals surface area contributed by atoms with Crippen LogP contribution in [0.15, 0.2) is 60.8 Å². The number of piperazine rings is 1. The van der Waals surface area contributed by atoms with Gasteiger partial charge in [0.2, 0.25) is 17.7 Å². The van der Waals surface area contributed by atoms with Crippen LogP contribution in [-0.2, 0) is 33.3 Å². The third-order valence-electron chi connectivity index (χ3n) is 11.5. The summed E-state index contributed by atoms with van der Waals surface area (Å²) in [4.78, 5) is 74.3. The van der Waals surface area contributed by atoms with Gasteiger partial charge in [-0.15, -0.1) is 0 Å². The number of esters is 1. The van der Waals surface area contributed by atoms with Gasteiger partial charge in [-0.2, -0.15) is 0 Å². The van der Waals surface area contributed by atoms with Crippen LogP contribution < -0.4 is 24.4 Å². The number of benzene rings is 2. The molecule has 4 aliphatic heterocycles. The highest BCUT2D eigenvalue weighted by atomic mass is 16.6. The van der Waals surface area contributed by atoms with E-state index in [2.05, 4.69) is 25.0 Å². The van der Waals surface area contributed by atoms with Crippen LogP contribution in [-0.4, -0.2) is 166 Å². The first kappa shape index (κ1) is 46.3. The molecule has 1 aromatic heterocycles. The van der Waals surface area contributed by atoms with Crippen molar-refractivity contribution in [1.82, 2.24) is 25.0 Å². The zero-order valence-electron chi connectivity index (χ0n) is 36.6. The van der Waals surface area contributed by atoms with Crippen molar-refractivity contribution in [3.8, 4) is 23.1 Å². The Kier molecular flexibility index (Phi) is 16.5. The Hall–Kier alpha value is -5.66. The Morgan fingerprint density at radius 3 is 2.00 bits per heavy atom. The fraction of sp³-hybridized carbons (Fsp3) is 0.522. The number of carbonyl (C=O) groups excluding carboxylic acids is 5. The number of amides is 4. The summed E-state index contributed by atoms with van der Waals surface area (Å²) >= 11 is 0. The number of likely N-dealkylation sites (tertiary alicyclic amines) is 1. The Labute approximate surface area is 373 Å². The van der Waals surface area contributed by atoms with E-state index in [4.69, 9.17) is 33.2 Å². The van der Waals surface area contributed by atoms with Crippen LogP contribution in [0, 0.1) is 0 Å². The van der Waals surface area contributed by atoms with Gasteiger partial charge in [0.25, 0.3) is 11.8 Å². The number of hydrogen-bond acceptors (Lipinski definition) is 16. The summed E-state index contributed by atoms with van der Waals surface area (Å²) in [5.74, 6) is -0.153. The molecule has 0 saturated carbocycles. The van der Waals surface area contributed by atoms with Crippen molar-refractivity contribution in [2.24, 2.45) is 0 Å². The van der Waals surface area contributed by atoms with E-state index in [0.29, 0.717) is 74.9 Å². The fourth-order valence-corrected chi connectivity index (χ4v) is 7.97. The van der Waals surface area contributed by atoms with Gasteiger partial charge >= 0.3 is 5.97 Å². The molecule has 3 aromatic rings. The van der Waals surface area contributed by atoms with E-state index >= 15 is 0 Å². The van der Waals surface area contributed by atoms with Crippen molar-refractivity contribution in [2.45, 2.75) is 57.8 Å². The lowest BCUT2D eigenvalue weighted by Crippen LogP contribution is -2.54. The molecule has 1 unspecified atom stereocenters. The molecule has 3 fully saturated rings. The minimum Gasteiger partial charge on any atom is -0.489 e. The van der Waals surface area contributed by atoms with Crippen molar-refractivity contribution in [1.29, 1.82) is 0 Å². The summed E-state index contributed by atoms with van der Waals surface area (Å²) in [7, 11) is 0. The number of pyridine rings is 1. The summed E-state index contributed by atoms with van der Waals surface area (Å²) in [5.41, 5.74) is 1.43. The zero-order valence-corrected chi connectivity index (χ0v) is 36.6. The number of nitrogens with one attached hydrogen (secondary N) is 1. The summed E-state index contributed by atoms with van der Waals surface area (Å²) in [6.45, 7) is 13.7. The van der Waals surface area contributed by atoms with E-state index in [1.54, 1.807) is 62.5 Å². The lowest BCUT2D eigenvalue weighted by molar-refractivity contribution is -0.150. The number of nitrogens with zero attached hydrogens (tertiary/aromatic N) is 5. The van der Waals surface area contributed by atoms with E-state index in [0.717, 1.165) is 75.8 Å². The molecule has 0 radical (unpaired) electrons. The van der Waals surface area contributed by atoms with Gasteiger partial charge in [0.05, 0.1) is 63.6 Å². The average molecular weight is 887 g/mol. The van der Waals surface area contributed by atoms with Gasteiger partial charge in [0.1, 0.15) is 29.4 Å². The first-order valence-electron chi connectivity index (χ1n) is 22.2. The van der Waals surface area contributed by atoms with Crippen LogP contribution in [0.3, 0.4) is 0 Å². The summed E-state index contributed by atoms with van der Waals surface area (Å²) in [5, 5.41) is 2.23. The molecule has 5 heterocycles. The monoisotopic (exact) mass is 886 g/mol. The van der Waals surface area contributed by atoms with Crippen molar-refractivity contribution >= 4 is 35.3 Å². The van der Waals surface area contributed by atoms with E-state index in [9.17, 15) is 24.0 Å². The van der Waals surface area contributed by atoms with E-state index in [1.165, 1.54) is 0 Å². The lowest BCUT2D eigenvalue weighted by Gasteiger charge is -2.36. The molecule has 18 nitrogen and oxygen atoms in total. The number of piperidine rings is 2. The van der Waals surface area contributed by atoms with Crippen LogP contribution in [0.5, 0.6) is 23.1 Å². The summed E-state index contributed by atoms with van der Waals surface area (Å²) in [6, 6.07) is 14.9. The standard InChI is InChI=1S/C46H58N6O12/c1-3-61-46(57)32(2)62-34-5-7-35(8-6-34)64-42-13-9-37(31-47-42)63-36-14-16-49(17-15-36)22-24-58-26-28-60-29-27-59-25-23-50-18-20-51(21-19-50)33-4-10-38-39(30-33)45(56)52(44(38)55)40-11-12-41(53)48-43(40)54/h4-10,13,30-32,36,40H,3,11-12,14-29H2,1-2H3,(H,48,53,54)/t32-,40?/m1/s1. The van der Waals surface area contributed by atoms with Gasteiger partial charge in [-0.1, -0.05) is 0 Å². The third kappa shape index (κ3) is 12.5. The Balaban J connectivity index is 0.676. The van der Waals surface area contributed by atoms with Crippen molar-refractivity contribution in [3.63, 3.8) is 0 Å². The minimum atomic E-state index is -0.976. The molecule has 344 valence electrons. The van der Waals surface area contributed by atoms with Crippen molar-refractivity contribution < 1.29 is 57.1 Å². The first-order valence-corrected chi connectivity index (χ1v) is 22.2. The van der Waals surface area contributed by atoms with Crippen LogP contribution in [0.4, 0.5) is 5.69 Å². The molecule has 4 amide bonds. The van der Waals surface area contributed by atoms with Gasteiger partial charge in [0.15, 0.2) is 6.10 Å². The van der Waals surface area contributed by atoms with Gasteiger partial charge in [0, 0.05) is 70.5 Å². The molecule has 64 heavy (non-hydrogen) atoms. The van der Waals surface area contributed by atoms with Crippen molar-refractivity contribution in [2.75, 3.05) is 104 Å². The highest BCUT2D eigenvalue weighted by molar-refractivity contribution is 6.23. The van der Waals surface area contributed by atoms with Gasteiger partial charge in [-0.05, 0) is 81.6 Å². The molecule has 2 aromatic carbocycles. The Bertz CT molecular complexity index is 2050. The number of anilines is 1. The Morgan fingerprint density at radius 1 is 0.734 bits per heavy atom. The number of fused-ring (bicyclic) bond motifs is 1. The minimum absolute atomic E-state index is 0.0879. The van der Waals surface area contributed by atoms with Gasteiger partial charge in [-0.25, -0.2) is 9.78 Å². The predicted molar refractivity (Wildman–Crippen MR) is 232 cm³/mol. The molecule has 3 saturated heterocycles. The average Bonchev–Trinajstić information content (AvgIpc) is 3.55. The quantitative estimate of drug-likeness (QED) is 0.0879. The predicted octanol–water partition coefficient (Wildman–Crippen LogP) is 3.32. The Morgan fingerprint density at radius 2 is 1.36 bits per heavy atom. The first-order chi connectivity index (χ1) is 31.1. The SMILES string of the molecule is CCOC(=O)[C@@H](C)Oc1ccc(Oc2ccc(OC3CCN(CCOCCOCCOCCN4CCN(c5ccc6c(c5)C(=O)N(C5CCC(=O)NC5=O)C6=O)CC4)CC3)cn2)cc1. The number of rotatable bonds is 22. The fourth-order valence-electron chi connectivity index (χ4n) is 7.97. The van der Waals surface area contributed by atoms with Crippen LogP contribution >= 0.6 is 0 Å². The topological polar surface area (TPSA) is 188 Å². The number of aromatic nitrogens is 1. The normalized spacial score (nSPS) is 19.1. The maximum atomic E-state index is 13.2. The number of hydrogen-bond donors (Lipinski definition) is 1. The molecule has 0 bridgehead atoms. The highest BCUT2D eigenvalue weighted by Gasteiger charge is 2.45. The molecule has 2 atom stereocenters. The van der Waals surface area contributed by atoms with Crippen LogP contribution in [0.1, 0.15) is 60.2 Å². The molecular weight excluding hydrogens is 829 g/mol. The second kappa shape index (κ2) is 22.8. The molecular formula is C46H58N6O12. The number of ether oxygens (including phenoxy) is 7. The maximum absolute atomic E-state index is 13.2.